The van der Waals surface area contributed by atoms with Crippen LogP contribution in [-0.2, 0) is 0 Å². The van der Waals surface area contributed by atoms with Gasteiger partial charge >= 0.3 is 0 Å². The normalized spacial score (nSPS) is 15.2. The molecule has 0 atom stereocenters. The number of benzene rings is 2. The molecule has 2 heterocycles. The van der Waals surface area contributed by atoms with Gasteiger partial charge in [0.2, 0.25) is 0 Å². The number of carbonyl (C=O) groups is 1. The number of hydrogen-bond donors (Lipinski definition) is 2. The maximum Gasteiger partial charge on any atom is 0.256 e. The molecule has 0 saturated carbocycles. The van der Waals surface area contributed by atoms with Crippen molar-refractivity contribution in [3.8, 4) is 0 Å². The van der Waals surface area contributed by atoms with Gasteiger partial charge in [-0.1, -0.05) is 0 Å². The Morgan fingerprint density at radius 1 is 1.11 bits per heavy atom. The summed E-state index contributed by atoms with van der Waals surface area (Å²) in [4.78, 5) is 22.7. The van der Waals surface area contributed by atoms with E-state index in [2.05, 4.69) is 14.9 Å². The van der Waals surface area contributed by atoms with Crippen molar-refractivity contribution in [2.75, 3.05) is 25.0 Å². The lowest BCUT2D eigenvalue weighted by atomic mass is 10.0. The summed E-state index contributed by atoms with van der Waals surface area (Å²) in [7, 11) is 1.75. The van der Waals surface area contributed by atoms with Gasteiger partial charge in [-0.05, 0) is 61.5 Å². The molecule has 0 spiro atoms. The first-order valence-electron chi connectivity index (χ1n) is 9.11. The number of amides is 1. The van der Waals surface area contributed by atoms with Crippen LogP contribution in [-0.4, -0.2) is 47.0 Å². The van der Waals surface area contributed by atoms with Crippen molar-refractivity contribution in [2.45, 2.75) is 18.9 Å². The molecule has 1 amide bonds. The molecule has 2 aromatic carbocycles. The van der Waals surface area contributed by atoms with Crippen LogP contribution >= 0.6 is 12.2 Å². The maximum absolute atomic E-state index is 14.0. The second-order valence-electron chi connectivity index (χ2n) is 7.07. The predicted molar refractivity (Wildman–Crippen MR) is 107 cm³/mol. The largest absolute Gasteiger partial charge is 0.371 e. The number of nitrogens with one attached hydrogen (secondary N) is 2. The molecule has 1 aliphatic heterocycles. The summed E-state index contributed by atoms with van der Waals surface area (Å²) in [5.41, 5.74) is 2.24. The Morgan fingerprint density at radius 2 is 1.79 bits per heavy atom. The Bertz CT molecular complexity index is 1070. The maximum atomic E-state index is 14.0. The Hall–Kier alpha value is -2.74. The van der Waals surface area contributed by atoms with Crippen LogP contribution in [0.2, 0.25) is 0 Å². The number of hydrogen-bond acceptors (Lipinski definition) is 3. The number of aromatic amines is 2. The van der Waals surface area contributed by atoms with E-state index in [9.17, 15) is 13.6 Å². The Labute approximate surface area is 166 Å². The minimum atomic E-state index is -0.486. The molecule has 0 bridgehead atoms. The van der Waals surface area contributed by atoms with E-state index >= 15 is 0 Å². The van der Waals surface area contributed by atoms with Crippen LogP contribution in [0.15, 0.2) is 36.4 Å². The molecule has 8 heteroatoms. The van der Waals surface area contributed by atoms with Crippen molar-refractivity contribution >= 4 is 34.8 Å². The minimum Gasteiger partial charge on any atom is -0.371 e. The van der Waals surface area contributed by atoms with E-state index in [4.69, 9.17) is 12.2 Å². The van der Waals surface area contributed by atoms with Crippen molar-refractivity contribution < 1.29 is 13.6 Å². The highest BCUT2D eigenvalue weighted by Crippen LogP contribution is 2.25. The van der Waals surface area contributed by atoms with Crippen LogP contribution in [0.1, 0.15) is 23.2 Å². The van der Waals surface area contributed by atoms with Crippen LogP contribution in [0.25, 0.3) is 11.0 Å². The van der Waals surface area contributed by atoms with Crippen molar-refractivity contribution in [3.63, 3.8) is 0 Å². The fourth-order valence-corrected chi connectivity index (χ4v) is 4.01. The van der Waals surface area contributed by atoms with Gasteiger partial charge in [0.15, 0.2) is 4.77 Å². The van der Waals surface area contributed by atoms with Gasteiger partial charge in [0.1, 0.15) is 11.6 Å². The highest BCUT2D eigenvalue weighted by Gasteiger charge is 2.27. The Balaban J connectivity index is 1.50. The number of nitrogens with zero attached hydrogens (tertiary/aromatic N) is 2. The Kier molecular flexibility index (Phi) is 4.89. The number of imidazole rings is 1. The fourth-order valence-electron chi connectivity index (χ4n) is 3.79. The molecule has 1 fully saturated rings. The van der Waals surface area contributed by atoms with E-state index in [1.54, 1.807) is 24.1 Å². The SMILES string of the molecule is CN(C(=O)c1cc(F)cc2[nH]c(=S)[nH]c12)C1CCN(c2ccc(F)cc2)CC1. The average Bonchev–Trinajstić information content (AvgIpc) is 3.07. The van der Waals surface area contributed by atoms with Crippen LogP contribution < -0.4 is 4.90 Å². The van der Waals surface area contributed by atoms with E-state index < -0.39 is 5.82 Å². The standard InChI is InChI=1S/C20H20F2N4OS/c1-25(14-6-8-26(9-7-14)15-4-2-12(21)3-5-15)19(27)16-10-13(22)11-17-18(16)24-20(28)23-17/h2-5,10-11,14H,6-9H2,1H3,(H2,23,24,28). The van der Waals surface area contributed by atoms with Crippen LogP contribution in [0.4, 0.5) is 14.5 Å². The van der Waals surface area contributed by atoms with Gasteiger partial charge in [-0.25, -0.2) is 8.78 Å². The highest BCUT2D eigenvalue weighted by atomic mass is 32.1. The second-order valence-corrected chi connectivity index (χ2v) is 7.47. The van der Waals surface area contributed by atoms with Crippen LogP contribution in [0.3, 0.4) is 0 Å². The van der Waals surface area contributed by atoms with Gasteiger partial charge in [0, 0.05) is 31.9 Å². The first-order valence-corrected chi connectivity index (χ1v) is 9.52. The first kappa shape index (κ1) is 18.6. The number of anilines is 1. The minimum absolute atomic E-state index is 0.0458. The van der Waals surface area contributed by atoms with Crippen molar-refractivity contribution in [3.05, 3.63) is 58.4 Å². The summed E-state index contributed by atoms with van der Waals surface area (Å²) in [6.45, 7) is 1.53. The monoisotopic (exact) mass is 402 g/mol. The van der Waals surface area contributed by atoms with Gasteiger partial charge in [0.05, 0.1) is 16.6 Å². The van der Waals surface area contributed by atoms with Crippen molar-refractivity contribution in [1.29, 1.82) is 0 Å². The summed E-state index contributed by atoms with van der Waals surface area (Å²) >= 11 is 5.07. The molecule has 1 aromatic heterocycles. The van der Waals surface area contributed by atoms with E-state index in [1.807, 2.05) is 0 Å². The number of piperidine rings is 1. The lowest BCUT2D eigenvalue weighted by molar-refractivity contribution is 0.0710. The van der Waals surface area contributed by atoms with Crippen LogP contribution in [0.5, 0.6) is 0 Å². The molecule has 0 radical (unpaired) electrons. The molecule has 1 saturated heterocycles. The van der Waals surface area contributed by atoms with Crippen molar-refractivity contribution in [2.24, 2.45) is 0 Å². The predicted octanol–water partition coefficient (Wildman–Crippen LogP) is 4.24. The third-order valence-electron chi connectivity index (χ3n) is 5.34. The molecule has 1 aliphatic rings. The van der Waals surface area contributed by atoms with E-state index in [0.717, 1.165) is 31.6 Å². The molecule has 146 valence electrons. The quantitative estimate of drug-likeness (QED) is 0.644. The third-order valence-corrected chi connectivity index (χ3v) is 5.55. The van der Waals surface area contributed by atoms with Gasteiger partial charge in [-0.2, -0.15) is 0 Å². The molecule has 2 N–H and O–H groups in total. The topological polar surface area (TPSA) is 55.1 Å². The number of aromatic nitrogens is 2. The first-order chi connectivity index (χ1) is 13.4. The van der Waals surface area contributed by atoms with E-state index in [1.165, 1.54) is 24.3 Å². The zero-order valence-corrected chi connectivity index (χ0v) is 16.2. The Morgan fingerprint density at radius 3 is 2.46 bits per heavy atom. The smallest absolute Gasteiger partial charge is 0.256 e. The van der Waals surface area contributed by atoms with Gasteiger partial charge in [-0.15, -0.1) is 0 Å². The summed E-state index contributed by atoms with van der Waals surface area (Å²) < 4.78 is 27.4. The third kappa shape index (κ3) is 3.52. The lowest BCUT2D eigenvalue weighted by Gasteiger charge is -2.38. The molecule has 3 aromatic rings. The van der Waals surface area contributed by atoms with E-state index in [0.29, 0.717) is 15.8 Å². The van der Waals surface area contributed by atoms with Gasteiger partial charge in [-0.3, -0.25) is 4.79 Å². The summed E-state index contributed by atoms with van der Waals surface area (Å²) in [6, 6.07) is 9.04. The number of H-pyrrole nitrogens is 2. The molecule has 0 aliphatic carbocycles. The number of rotatable bonds is 3. The van der Waals surface area contributed by atoms with Gasteiger partial charge < -0.3 is 19.8 Å². The average molecular weight is 402 g/mol. The molecular weight excluding hydrogens is 382 g/mol. The summed E-state index contributed by atoms with van der Waals surface area (Å²) in [6.07, 6.45) is 1.56. The van der Waals surface area contributed by atoms with E-state index in [-0.39, 0.29) is 23.3 Å². The molecular formula is C20H20F2N4OS. The highest BCUT2D eigenvalue weighted by molar-refractivity contribution is 7.71. The molecule has 28 heavy (non-hydrogen) atoms. The van der Waals surface area contributed by atoms with Gasteiger partial charge in [0.25, 0.3) is 5.91 Å². The number of carbonyl (C=O) groups excluding carboxylic acids is 1. The zero-order valence-electron chi connectivity index (χ0n) is 15.3. The summed E-state index contributed by atoms with van der Waals surface area (Å²) in [5.74, 6) is -0.982. The molecule has 4 rings (SSSR count). The van der Waals surface area contributed by atoms with Crippen molar-refractivity contribution in [1.82, 2.24) is 14.9 Å². The number of halogens is 2. The van der Waals surface area contributed by atoms with Crippen LogP contribution in [0, 0.1) is 16.4 Å². The lowest BCUT2D eigenvalue weighted by Crippen LogP contribution is -2.45. The second kappa shape index (κ2) is 7.35. The molecule has 0 unspecified atom stereocenters. The fraction of sp³-hybridized carbons (Fsp3) is 0.300. The summed E-state index contributed by atoms with van der Waals surface area (Å²) in [5, 5.41) is 0. The molecule has 5 nitrogen and oxygen atoms in total. The number of fused-ring (bicyclic) bond motifs is 1. The zero-order chi connectivity index (χ0) is 19.8.